The number of hydrogen-bond donors (Lipinski definition) is 2. The van der Waals surface area contributed by atoms with Gasteiger partial charge in [-0.15, -0.1) is 0 Å². The van der Waals surface area contributed by atoms with Crippen molar-refractivity contribution in [2.75, 3.05) is 5.73 Å². The quantitative estimate of drug-likeness (QED) is 0.889. The predicted molar refractivity (Wildman–Crippen MR) is 69.2 cm³/mol. The summed E-state index contributed by atoms with van der Waals surface area (Å²) in [6.07, 6.45) is 1.53. The Morgan fingerprint density at radius 3 is 2.40 bits per heavy atom. The molecule has 4 N–H and O–H groups in total. The maximum atomic E-state index is 13.1. The van der Waals surface area contributed by atoms with Crippen LogP contribution in [0.4, 0.5) is 14.6 Å². The minimum Gasteiger partial charge on any atom is -0.383 e. The first-order valence-corrected chi connectivity index (χ1v) is 7.03. The number of aromatic nitrogens is 1. The smallest absolute Gasteiger partial charge is 0.241 e. The van der Waals surface area contributed by atoms with Crippen molar-refractivity contribution >= 4 is 15.8 Å². The molecular formula is C12H11F2N3O2S. The van der Waals surface area contributed by atoms with Crippen LogP contribution in [0.1, 0.15) is 11.1 Å². The molecule has 0 unspecified atom stereocenters. The highest BCUT2D eigenvalue weighted by Gasteiger charge is 2.14. The third-order valence-electron chi connectivity index (χ3n) is 2.64. The predicted octanol–water partition coefficient (Wildman–Crippen LogP) is 1.18. The molecule has 0 aliphatic rings. The molecule has 8 heteroatoms. The van der Waals surface area contributed by atoms with Crippen LogP contribution in [0.3, 0.4) is 0 Å². The van der Waals surface area contributed by atoms with Gasteiger partial charge in [-0.3, -0.25) is 0 Å². The molecule has 0 saturated heterocycles. The van der Waals surface area contributed by atoms with Crippen LogP contribution in [0.15, 0.2) is 35.4 Å². The molecule has 5 nitrogen and oxygen atoms in total. The lowest BCUT2D eigenvalue weighted by molar-refractivity contribution is 0.507. The van der Waals surface area contributed by atoms with E-state index >= 15 is 0 Å². The Morgan fingerprint density at radius 2 is 1.80 bits per heavy atom. The van der Waals surface area contributed by atoms with Crippen molar-refractivity contribution in [3.05, 3.63) is 53.2 Å². The number of hydrogen-bond acceptors (Lipinski definition) is 4. The van der Waals surface area contributed by atoms with E-state index in [4.69, 9.17) is 10.9 Å². The highest BCUT2D eigenvalue weighted by molar-refractivity contribution is 7.89. The molecule has 106 valence electrons. The van der Waals surface area contributed by atoms with Gasteiger partial charge in [0.2, 0.25) is 10.0 Å². The second-order valence-electron chi connectivity index (χ2n) is 4.20. The molecule has 2 aromatic rings. The van der Waals surface area contributed by atoms with Gasteiger partial charge in [-0.05, 0) is 35.7 Å². The topological polar surface area (TPSA) is 99.1 Å². The second-order valence-corrected chi connectivity index (χ2v) is 5.73. The van der Waals surface area contributed by atoms with Crippen molar-refractivity contribution in [2.45, 2.75) is 11.3 Å². The summed E-state index contributed by atoms with van der Waals surface area (Å²) in [6.45, 7) is 0. The van der Waals surface area contributed by atoms with Crippen molar-refractivity contribution in [3.63, 3.8) is 0 Å². The van der Waals surface area contributed by atoms with Crippen molar-refractivity contribution in [1.29, 1.82) is 0 Å². The van der Waals surface area contributed by atoms with Gasteiger partial charge in [0.05, 0.1) is 0 Å². The number of primary sulfonamides is 1. The molecule has 0 fully saturated rings. The van der Waals surface area contributed by atoms with Crippen LogP contribution >= 0.6 is 0 Å². The summed E-state index contributed by atoms with van der Waals surface area (Å²) in [5.41, 5.74) is 6.37. The largest absolute Gasteiger partial charge is 0.383 e. The van der Waals surface area contributed by atoms with Crippen LogP contribution in [0.2, 0.25) is 0 Å². The molecule has 0 radical (unpaired) electrons. The first-order valence-electron chi connectivity index (χ1n) is 5.48. The number of nitrogen functional groups attached to an aromatic ring is 1. The van der Waals surface area contributed by atoms with Gasteiger partial charge in [0, 0.05) is 6.20 Å². The molecule has 0 amide bonds. The van der Waals surface area contributed by atoms with E-state index < -0.39 is 21.7 Å². The average Bonchev–Trinajstić information content (AvgIpc) is 2.35. The Bertz CT molecular complexity index is 763. The van der Waals surface area contributed by atoms with E-state index in [1.165, 1.54) is 18.3 Å². The number of sulfonamides is 1. The molecule has 1 aromatic carbocycles. The van der Waals surface area contributed by atoms with Gasteiger partial charge in [-0.1, -0.05) is 6.07 Å². The normalized spacial score (nSPS) is 11.6. The van der Waals surface area contributed by atoms with Gasteiger partial charge in [0.15, 0.2) is 11.6 Å². The SMILES string of the molecule is Nc1ncc(Cc2ccc(F)c(F)c2)cc1S(N)(=O)=O. The van der Waals surface area contributed by atoms with E-state index in [9.17, 15) is 17.2 Å². The number of nitrogens with two attached hydrogens (primary N) is 2. The van der Waals surface area contributed by atoms with Gasteiger partial charge in [0.1, 0.15) is 10.7 Å². The summed E-state index contributed by atoms with van der Waals surface area (Å²) in [7, 11) is -3.98. The number of anilines is 1. The lowest BCUT2D eigenvalue weighted by atomic mass is 10.1. The molecule has 0 atom stereocenters. The summed E-state index contributed by atoms with van der Waals surface area (Å²) >= 11 is 0. The number of rotatable bonds is 3. The molecule has 20 heavy (non-hydrogen) atoms. The van der Waals surface area contributed by atoms with Gasteiger partial charge >= 0.3 is 0 Å². The monoisotopic (exact) mass is 299 g/mol. The molecular weight excluding hydrogens is 288 g/mol. The van der Waals surface area contributed by atoms with Crippen LogP contribution in [0.5, 0.6) is 0 Å². The fourth-order valence-corrected chi connectivity index (χ4v) is 2.37. The molecule has 0 aliphatic carbocycles. The fraction of sp³-hybridized carbons (Fsp3) is 0.0833. The molecule has 2 rings (SSSR count). The Labute approximate surface area is 114 Å². The van der Waals surface area contributed by atoms with E-state index in [2.05, 4.69) is 4.98 Å². The zero-order valence-electron chi connectivity index (χ0n) is 10.2. The van der Waals surface area contributed by atoms with Crippen LogP contribution < -0.4 is 10.9 Å². The van der Waals surface area contributed by atoms with Crippen LogP contribution in [-0.4, -0.2) is 13.4 Å². The Hall–Kier alpha value is -2.06. The molecule has 0 bridgehead atoms. The number of nitrogens with zero attached hydrogens (tertiary/aromatic N) is 1. The van der Waals surface area contributed by atoms with Gasteiger partial charge in [-0.25, -0.2) is 27.3 Å². The zero-order valence-corrected chi connectivity index (χ0v) is 11.0. The number of halogens is 2. The highest BCUT2D eigenvalue weighted by atomic mass is 32.2. The standard InChI is InChI=1S/C12H11F2N3O2S/c13-9-2-1-7(4-10(9)14)3-8-5-11(20(16,18)19)12(15)17-6-8/h1-2,4-6H,3H2,(H2,15,17)(H2,16,18,19). The Morgan fingerprint density at radius 1 is 1.10 bits per heavy atom. The maximum Gasteiger partial charge on any atom is 0.241 e. The Balaban J connectivity index is 2.37. The van der Waals surface area contributed by atoms with E-state index in [0.717, 1.165) is 12.1 Å². The molecule has 1 heterocycles. The molecule has 0 spiro atoms. The summed E-state index contributed by atoms with van der Waals surface area (Å²) in [6, 6.07) is 4.68. The van der Waals surface area contributed by atoms with E-state index in [-0.39, 0.29) is 17.1 Å². The third-order valence-corrected chi connectivity index (χ3v) is 3.58. The lowest BCUT2D eigenvalue weighted by Gasteiger charge is -2.06. The van der Waals surface area contributed by atoms with E-state index in [1.54, 1.807) is 0 Å². The molecule has 0 saturated carbocycles. The second kappa shape index (κ2) is 5.14. The van der Waals surface area contributed by atoms with E-state index in [0.29, 0.717) is 11.1 Å². The first-order chi connectivity index (χ1) is 9.27. The average molecular weight is 299 g/mol. The Kier molecular flexibility index (Phi) is 3.69. The van der Waals surface area contributed by atoms with Gasteiger partial charge in [0.25, 0.3) is 0 Å². The minimum atomic E-state index is -3.98. The van der Waals surface area contributed by atoms with Crippen LogP contribution in [0, 0.1) is 11.6 Å². The highest BCUT2D eigenvalue weighted by Crippen LogP contribution is 2.19. The lowest BCUT2D eigenvalue weighted by Crippen LogP contribution is -2.15. The van der Waals surface area contributed by atoms with Gasteiger partial charge in [-0.2, -0.15) is 0 Å². The molecule has 0 aliphatic heterocycles. The molecule has 1 aromatic heterocycles. The van der Waals surface area contributed by atoms with Gasteiger partial charge < -0.3 is 5.73 Å². The summed E-state index contributed by atoms with van der Waals surface area (Å²) in [5.74, 6) is -2.13. The van der Waals surface area contributed by atoms with Crippen LogP contribution in [0.25, 0.3) is 0 Å². The zero-order chi connectivity index (χ0) is 14.9. The third kappa shape index (κ3) is 3.09. The van der Waals surface area contributed by atoms with Crippen molar-refractivity contribution in [2.24, 2.45) is 5.14 Å². The van der Waals surface area contributed by atoms with E-state index in [1.807, 2.05) is 0 Å². The summed E-state index contributed by atoms with van der Waals surface area (Å²) < 4.78 is 48.5. The fourth-order valence-electron chi connectivity index (χ4n) is 1.71. The van der Waals surface area contributed by atoms with Crippen molar-refractivity contribution in [3.8, 4) is 0 Å². The summed E-state index contributed by atoms with van der Waals surface area (Å²) in [5, 5.41) is 5.01. The maximum absolute atomic E-state index is 13.1. The van der Waals surface area contributed by atoms with Crippen molar-refractivity contribution in [1.82, 2.24) is 4.98 Å². The number of benzene rings is 1. The first kappa shape index (κ1) is 14.4. The van der Waals surface area contributed by atoms with Crippen molar-refractivity contribution < 1.29 is 17.2 Å². The number of pyridine rings is 1. The summed E-state index contributed by atoms with van der Waals surface area (Å²) in [4.78, 5) is 3.44. The minimum absolute atomic E-state index is 0.174. The van der Waals surface area contributed by atoms with Crippen LogP contribution in [-0.2, 0) is 16.4 Å².